The predicted octanol–water partition coefficient (Wildman–Crippen LogP) is 2.69. The molecule has 19 heavy (non-hydrogen) atoms. The van der Waals surface area contributed by atoms with Crippen LogP contribution in [0.3, 0.4) is 0 Å². The molecule has 1 unspecified atom stereocenters. The third kappa shape index (κ3) is 3.29. The lowest BCUT2D eigenvalue weighted by Crippen LogP contribution is -2.14. The summed E-state index contributed by atoms with van der Waals surface area (Å²) in [5, 5.41) is 0. The topological polar surface area (TPSA) is 43.6 Å². The van der Waals surface area contributed by atoms with Crippen LogP contribution in [-0.2, 0) is 15.3 Å². The van der Waals surface area contributed by atoms with Crippen molar-refractivity contribution in [1.29, 1.82) is 0 Å². The maximum Gasteiger partial charge on any atom is 0.309 e. The van der Waals surface area contributed by atoms with E-state index in [1.54, 1.807) is 11.8 Å². The highest BCUT2D eigenvalue weighted by atomic mass is 32.2. The number of pyridine rings is 1. The molecule has 0 saturated carbocycles. The Morgan fingerprint density at radius 1 is 1.58 bits per heavy atom. The van der Waals surface area contributed by atoms with Gasteiger partial charge in [-0.2, -0.15) is 11.8 Å². The van der Waals surface area contributed by atoms with Crippen molar-refractivity contribution in [3.63, 3.8) is 0 Å². The second-order valence-corrected chi connectivity index (χ2v) is 5.62. The Bertz CT molecular complexity index is 580. The number of fused-ring (bicyclic) bond motifs is 1. The van der Waals surface area contributed by atoms with Gasteiger partial charge < -0.3 is 9.14 Å². The Kier molecular flexibility index (Phi) is 4.47. The van der Waals surface area contributed by atoms with Crippen LogP contribution < -0.4 is 0 Å². The van der Waals surface area contributed by atoms with Gasteiger partial charge in [0.25, 0.3) is 0 Å². The normalized spacial score (nSPS) is 12.6. The number of rotatable bonds is 5. The van der Waals surface area contributed by atoms with Crippen molar-refractivity contribution in [1.82, 2.24) is 9.38 Å². The monoisotopic (exact) mass is 278 g/mol. The summed E-state index contributed by atoms with van der Waals surface area (Å²) >= 11 is 1.70. The lowest BCUT2D eigenvalue weighted by molar-refractivity contribution is -0.143. The van der Waals surface area contributed by atoms with E-state index in [0.29, 0.717) is 0 Å². The van der Waals surface area contributed by atoms with Crippen LogP contribution in [0.1, 0.15) is 18.2 Å². The zero-order valence-corrected chi connectivity index (χ0v) is 12.2. The number of nitrogens with zero attached hydrogens (tertiary/aromatic N) is 2. The van der Waals surface area contributed by atoms with E-state index in [4.69, 9.17) is 4.74 Å². The summed E-state index contributed by atoms with van der Waals surface area (Å²) in [6, 6.07) is 4.07. The Hall–Kier alpha value is -1.49. The van der Waals surface area contributed by atoms with Gasteiger partial charge in [0.1, 0.15) is 5.65 Å². The molecule has 1 atom stereocenters. The minimum absolute atomic E-state index is 0.0752. The Balaban J connectivity index is 1.95. The van der Waals surface area contributed by atoms with Crippen molar-refractivity contribution in [3.05, 3.63) is 35.8 Å². The number of aryl methyl sites for hydroxylation is 1. The highest BCUT2D eigenvalue weighted by Crippen LogP contribution is 2.17. The van der Waals surface area contributed by atoms with E-state index in [1.165, 1.54) is 12.7 Å². The molecule has 0 aliphatic rings. The first kappa shape index (κ1) is 13.9. The molecule has 4 nitrogen and oxygen atoms in total. The maximum atomic E-state index is 11.3. The van der Waals surface area contributed by atoms with Crippen LogP contribution >= 0.6 is 11.8 Å². The van der Waals surface area contributed by atoms with Crippen LogP contribution in [0.5, 0.6) is 0 Å². The number of hydrogen-bond donors (Lipinski definition) is 0. The maximum absolute atomic E-state index is 11.3. The van der Waals surface area contributed by atoms with Crippen LogP contribution in [0.15, 0.2) is 24.5 Å². The number of esters is 1. The van der Waals surface area contributed by atoms with E-state index in [-0.39, 0.29) is 11.9 Å². The number of carbonyl (C=O) groups excluding carboxylic acids is 1. The van der Waals surface area contributed by atoms with Gasteiger partial charge in [0, 0.05) is 23.9 Å². The summed E-state index contributed by atoms with van der Waals surface area (Å²) in [7, 11) is 1.42. The summed E-state index contributed by atoms with van der Waals surface area (Å²) in [4.78, 5) is 15.9. The number of imidazole rings is 1. The molecule has 0 saturated heterocycles. The van der Waals surface area contributed by atoms with Gasteiger partial charge >= 0.3 is 5.97 Å². The van der Waals surface area contributed by atoms with Crippen molar-refractivity contribution in [2.24, 2.45) is 5.92 Å². The summed E-state index contributed by atoms with van der Waals surface area (Å²) in [5.41, 5.74) is 3.21. The van der Waals surface area contributed by atoms with E-state index in [1.807, 2.05) is 29.8 Å². The van der Waals surface area contributed by atoms with Gasteiger partial charge in [-0.15, -0.1) is 0 Å². The van der Waals surface area contributed by atoms with E-state index in [0.717, 1.165) is 22.8 Å². The fourth-order valence-corrected chi connectivity index (χ4v) is 2.84. The molecule has 0 amide bonds. The Labute approximate surface area is 117 Å². The Morgan fingerprint density at radius 2 is 2.37 bits per heavy atom. The summed E-state index contributed by atoms with van der Waals surface area (Å²) in [6.07, 6.45) is 4.04. The minimum atomic E-state index is -0.154. The average molecular weight is 278 g/mol. The van der Waals surface area contributed by atoms with Gasteiger partial charge in [0.05, 0.1) is 18.7 Å². The molecule has 0 aromatic carbocycles. The van der Waals surface area contributed by atoms with E-state index >= 15 is 0 Å². The molecule has 0 fully saturated rings. The zero-order chi connectivity index (χ0) is 13.8. The summed E-state index contributed by atoms with van der Waals surface area (Å²) in [5.74, 6) is 1.33. The molecule has 102 valence electrons. The van der Waals surface area contributed by atoms with Gasteiger partial charge in [0.2, 0.25) is 0 Å². The first-order chi connectivity index (χ1) is 9.11. The number of ether oxygens (including phenoxy) is 1. The largest absolute Gasteiger partial charge is 0.469 e. The van der Waals surface area contributed by atoms with Crippen molar-refractivity contribution in [3.8, 4) is 0 Å². The van der Waals surface area contributed by atoms with Crippen LogP contribution in [0, 0.1) is 12.8 Å². The van der Waals surface area contributed by atoms with Crippen molar-refractivity contribution < 1.29 is 9.53 Å². The molecule has 2 aromatic rings. The molecular formula is C14H18N2O2S. The SMILES string of the molecule is COC(=O)C(C)CSCc1cn2cccc(C)c2n1. The minimum Gasteiger partial charge on any atom is -0.469 e. The summed E-state index contributed by atoms with van der Waals surface area (Å²) < 4.78 is 6.74. The van der Waals surface area contributed by atoms with Gasteiger partial charge in [-0.05, 0) is 18.6 Å². The van der Waals surface area contributed by atoms with Gasteiger partial charge in [-0.25, -0.2) is 4.98 Å². The van der Waals surface area contributed by atoms with Crippen LogP contribution in [-0.4, -0.2) is 28.2 Å². The standard InChI is InChI=1S/C14H18N2O2S/c1-10-5-4-6-16-7-12(15-13(10)16)9-19-8-11(2)14(17)18-3/h4-7,11H,8-9H2,1-3H3. The molecular weight excluding hydrogens is 260 g/mol. The molecule has 2 aromatic heterocycles. The number of hydrogen-bond acceptors (Lipinski definition) is 4. The molecule has 0 aliphatic heterocycles. The van der Waals surface area contributed by atoms with Gasteiger partial charge in [-0.3, -0.25) is 4.79 Å². The van der Waals surface area contributed by atoms with Crippen molar-refractivity contribution >= 4 is 23.4 Å². The first-order valence-electron chi connectivity index (χ1n) is 6.20. The van der Waals surface area contributed by atoms with E-state index in [9.17, 15) is 4.79 Å². The first-order valence-corrected chi connectivity index (χ1v) is 7.36. The molecule has 0 aliphatic carbocycles. The van der Waals surface area contributed by atoms with Crippen LogP contribution in [0.2, 0.25) is 0 Å². The van der Waals surface area contributed by atoms with Crippen LogP contribution in [0.25, 0.3) is 5.65 Å². The zero-order valence-electron chi connectivity index (χ0n) is 11.4. The van der Waals surface area contributed by atoms with E-state index < -0.39 is 0 Å². The highest BCUT2D eigenvalue weighted by Gasteiger charge is 2.13. The fraction of sp³-hybridized carbons (Fsp3) is 0.429. The third-order valence-corrected chi connectivity index (χ3v) is 4.18. The predicted molar refractivity (Wildman–Crippen MR) is 77.3 cm³/mol. The third-order valence-electron chi connectivity index (χ3n) is 2.95. The second-order valence-electron chi connectivity index (χ2n) is 4.59. The number of carbonyl (C=O) groups is 1. The molecule has 0 bridgehead atoms. The molecule has 2 rings (SSSR count). The van der Waals surface area contributed by atoms with Gasteiger partial charge in [0.15, 0.2) is 0 Å². The molecule has 0 spiro atoms. The summed E-state index contributed by atoms with van der Waals surface area (Å²) in [6.45, 7) is 3.94. The molecule has 0 radical (unpaired) electrons. The van der Waals surface area contributed by atoms with Crippen LogP contribution in [0.4, 0.5) is 0 Å². The second kappa shape index (κ2) is 6.10. The van der Waals surface area contributed by atoms with Gasteiger partial charge in [-0.1, -0.05) is 13.0 Å². The number of methoxy groups -OCH3 is 1. The highest BCUT2D eigenvalue weighted by molar-refractivity contribution is 7.98. The number of thioether (sulfide) groups is 1. The number of aromatic nitrogens is 2. The smallest absolute Gasteiger partial charge is 0.309 e. The average Bonchev–Trinajstić information content (AvgIpc) is 2.82. The fourth-order valence-electron chi connectivity index (χ4n) is 1.88. The lowest BCUT2D eigenvalue weighted by Gasteiger charge is -2.07. The molecule has 2 heterocycles. The molecule has 5 heteroatoms. The Morgan fingerprint density at radius 3 is 3.05 bits per heavy atom. The van der Waals surface area contributed by atoms with E-state index in [2.05, 4.69) is 18.0 Å². The quantitative estimate of drug-likeness (QED) is 0.789. The molecule has 0 N–H and O–H groups in total. The van der Waals surface area contributed by atoms with Crippen molar-refractivity contribution in [2.45, 2.75) is 19.6 Å². The van der Waals surface area contributed by atoms with Crippen molar-refractivity contribution in [2.75, 3.05) is 12.9 Å². The lowest BCUT2D eigenvalue weighted by atomic mass is 10.2.